The first kappa shape index (κ1) is 20.8. The summed E-state index contributed by atoms with van der Waals surface area (Å²) < 4.78 is 48.7. The highest BCUT2D eigenvalue weighted by Gasteiger charge is 2.67. The van der Waals surface area contributed by atoms with E-state index in [0.717, 1.165) is 25.7 Å². The third-order valence-electron chi connectivity index (χ3n) is 5.80. The minimum atomic E-state index is -5.12. The fraction of sp³-hybridized carbons (Fsp3) is 0.526. The Bertz CT molecular complexity index is 1020. The van der Waals surface area contributed by atoms with Gasteiger partial charge < -0.3 is 10.1 Å². The molecule has 2 aliphatic rings. The first-order valence-corrected chi connectivity index (χ1v) is 10.0. The average molecular weight is 445 g/mol. The fourth-order valence-corrected chi connectivity index (χ4v) is 4.52. The number of ether oxygens (including phenoxy) is 1. The molecule has 0 bridgehead atoms. The van der Waals surface area contributed by atoms with Gasteiger partial charge in [0.15, 0.2) is 0 Å². The quantitative estimate of drug-likeness (QED) is 0.731. The topological polar surface area (TPSA) is 85.2 Å². The second kappa shape index (κ2) is 7.33. The van der Waals surface area contributed by atoms with Crippen LogP contribution in [0.15, 0.2) is 12.1 Å². The molecule has 162 valence electrons. The smallest absolute Gasteiger partial charge is 0.440 e. The highest BCUT2D eigenvalue weighted by molar-refractivity contribution is 6.32. The van der Waals surface area contributed by atoms with Crippen LogP contribution in [0.2, 0.25) is 5.02 Å². The summed E-state index contributed by atoms with van der Waals surface area (Å²) >= 11 is 6.09. The molecular weight excluding hydrogens is 425 g/mol. The summed E-state index contributed by atoms with van der Waals surface area (Å²) in [6, 6.07) is 2.61. The number of halogens is 4. The summed E-state index contributed by atoms with van der Waals surface area (Å²) in [5, 5.41) is 4.15. The first-order valence-electron chi connectivity index (χ1n) is 9.63. The van der Waals surface area contributed by atoms with E-state index in [0.29, 0.717) is 16.9 Å². The summed E-state index contributed by atoms with van der Waals surface area (Å²) in [5.41, 5.74) is -3.22. The number of benzene rings is 1. The Morgan fingerprint density at radius 3 is 2.73 bits per heavy atom. The molecule has 11 heteroatoms. The number of anilines is 1. The molecule has 1 fully saturated rings. The van der Waals surface area contributed by atoms with Gasteiger partial charge in [-0.25, -0.2) is 4.98 Å². The molecule has 1 atom stereocenters. The number of hydrogen-bond acceptors (Lipinski definition) is 4. The number of carbonyl (C=O) groups is 2. The maximum absolute atomic E-state index is 14.3. The van der Waals surface area contributed by atoms with Gasteiger partial charge in [0, 0.05) is 12.5 Å². The van der Waals surface area contributed by atoms with Crippen molar-refractivity contribution in [1.82, 2.24) is 14.9 Å². The van der Waals surface area contributed by atoms with E-state index in [1.807, 2.05) is 5.32 Å². The van der Waals surface area contributed by atoms with E-state index < -0.39 is 23.7 Å². The molecule has 2 amide bonds. The summed E-state index contributed by atoms with van der Waals surface area (Å²) in [4.78, 5) is 29.1. The van der Waals surface area contributed by atoms with Gasteiger partial charge in [0.25, 0.3) is 11.6 Å². The van der Waals surface area contributed by atoms with Crippen LogP contribution in [0, 0.1) is 5.92 Å². The van der Waals surface area contributed by atoms with Crippen LogP contribution in [0.4, 0.5) is 19.1 Å². The molecule has 1 aliphatic heterocycles. The number of rotatable bonds is 5. The Kier molecular flexibility index (Phi) is 5.08. The van der Waals surface area contributed by atoms with Crippen molar-refractivity contribution < 1.29 is 27.5 Å². The first-order chi connectivity index (χ1) is 14.2. The van der Waals surface area contributed by atoms with Crippen LogP contribution in [0.5, 0.6) is 5.75 Å². The molecule has 1 aliphatic carbocycles. The summed E-state index contributed by atoms with van der Waals surface area (Å²) in [6.07, 6.45) is -0.658. The zero-order valence-corrected chi connectivity index (χ0v) is 16.9. The van der Waals surface area contributed by atoms with Gasteiger partial charge in [0.2, 0.25) is 11.9 Å². The number of aromatic nitrogens is 2. The minimum absolute atomic E-state index is 0.0516. The van der Waals surface area contributed by atoms with Crippen LogP contribution in [-0.4, -0.2) is 34.7 Å². The lowest BCUT2D eigenvalue weighted by Crippen LogP contribution is -2.63. The Morgan fingerprint density at radius 1 is 1.40 bits per heavy atom. The summed E-state index contributed by atoms with van der Waals surface area (Å²) in [5.74, 6) is -2.03. The third kappa shape index (κ3) is 3.17. The Hall–Kier alpha value is -2.49. The monoisotopic (exact) mass is 444 g/mol. The number of amides is 2. The van der Waals surface area contributed by atoms with E-state index in [1.165, 1.54) is 19.2 Å². The summed E-state index contributed by atoms with van der Waals surface area (Å²) in [6.45, 7) is 0. The molecule has 2 aromatic rings. The van der Waals surface area contributed by atoms with Crippen LogP contribution in [0.3, 0.4) is 0 Å². The predicted molar refractivity (Wildman–Crippen MR) is 103 cm³/mol. The number of alkyl halides is 3. The Balaban J connectivity index is 1.74. The molecule has 0 spiro atoms. The van der Waals surface area contributed by atoms with Gasteiger partial charge in [0.05, 0.1) is 23.2 Å². The van der Waals surface area contributed by atoms with Crippen molar-refractivity contribution in [1.29, 1.82) is 0 Å². The van der Waals surface area contributed by atoms with Crippen LogP contribution in [0.1, 0.15) is 38.5 Å². The molecule has 30 heavy (non-hydrogen) atoms. The molecule has 7 nitrogen and oxygen atoms in total. The number of hydrogen-bond donors (Lipinski definition) is 2. The van der Waals surface area contributed by atoms with Crippen LogP contribution >= 0.6 is 11.6 Å². The van der Waals surface area contributed by atoms with Crippen molar-refractivity contribution in [2.75, 3.05) is 12.4 Å². The van der Waals surface area contributed by atoms with E-state index >= 15 is 0 Å². The third-order valence-corrected chi connectivity index (χ3v) is 6.10. The van der Waals surface area contributed by atoms with E-state index in [4.69, 9.17) is 16.3 Å². The molecule has 1 saturated carbocycles. The lowest BCUT2D eigenvalue weighted by molar-refractivity contribution is -0.217. The molecule has 1 aromatic heterocycles. The molecule has 4 rings (SSSR count). The number of nitrogens with one attached hydrogen (secondary N) is 2. The second-order valence-corrected chi connectivity index (χ2v) is 8.05. The fourth-order valence-electron chi connectivity index (χ4n) is 4.29. The molecule has 0 saturated heterocycles. The van der Waals surface area contributed by atoms with E-state index in [1.54, 1.807) is 0 Å². The minimum Gasteiger partial charge on any atom is -0.495 e. The van der Waals surface area contributed by atoms with Gasteiger partial charge in [-0.15, -0.1) is 0 Å². The van der Waals surface area contributed by atoms with Gasteiger partial charge in [-0.05, 0) is 18.4 Å². The molecule has 2 N–H and O–H groups in total. The van der Waals surface area contributed by atoms with Gasteiger partial charge in [-0.3, -0.25) is 19.5 Å². The van der Waals surface area contributed by atoms with Crippen molar-refractivity contribution >= 4 is 40.4 Å². The largest absolute Gasteiger partial charge is 0.495 e. The zero-order valence-electron chi connectivity index (χ0n) is 16.1. The van der Waals surface area contributed by atoms with E-state index in [-0.39, 0.29) is 34.2 Å². The number of imidazole rings is 1. The Labute approximate surface area is 174 Å². The second-order valence-electron chi connectivity index (χ2n) is 7.65. The molecule has 1 aromatic carbocycles. The van der Waals surface area contributed by atoms with Crippen molar-refractivity contribution in [2.24, 2.45) is 5.92 Å². The standard InChI is InChI=1S/C19H20ClF3N4O3/c1-30-14-9-12-13(8-11(14)20)27-17(24-12)25-16(29)18(27,19(21,22)23)26-15(28)7-6-10-4-2-3-5-10/h8-10H,2-7H2,1H3,(H,26,28)(H,24,25,29). The molecule has 2 heterocycles. The SMILES string of the molecule is COc1cc2nc3n(c2cc1Cl)C(NC(=O)CCC1CCCC1)(C(F)(F)F)C(=O)N3. The highest BCUT2D eigenvalue weighted by atomic mass is 35.5. The van der Waals surface area contributed by atoms with Crippen molar-refractivity contribution in [3.05, 3.63) is 17.2 Å². The normalized spacial score (nSPS) is 21.7. The van der Waals surface area contributed by atoms with Gasteiger partial charge in [-0.2, -0.15) is 13.2 Å². The Morgan fingerprint density at radius 2 is 2.10 bits per heavy atom. The van der Waals surface area contributed by atoms with E-state index in [9.17, 15) is 22.8 Å². The maximum Gasteiger partial charge on any atom is 0.440 e. The molecular formula is C19H20ClF3N4O3. The van der Waals surface area contributed by atoms with E-state index in [2.05, 4.69) is 10.3 Å². The van der Waals surface area contributed by atoms with Gasteiger partial charge in [-0.1, -0.05) is 37.3 Å². The molecule has 0 radical (unpaired) electrons. The van der Waals surface area contributed by atoms with Crippen molar-refractivity contribution in [3.8, 4) is 5.75 Å². The van der Waals surface area contributed by atoms with Crippen molar-refractivity contribution in [3.63, 3.8) is 0 Å². The lowest BCUT2D eigenvalue weighted by Gasteiger charge is -2.32. The lowest BCUT2D eigenvalue weighted by atomic mass is 10.0. The number of fused-ring (bicyclic) bond motifs is 3. The highest BCUT2D eigenvalue weighted by Crippen LogP contribution is 2.45. The van der Waals surface area contributed by atoms with Crippen molar-refractivity contribution in [2.45, 2.75) is 50.4 Å². The van der Waals surface area contributed by atoms with Gasteiger partial charge in [0.1, 0.15) is 5.75 Å². The van der Waals surface area contributed by atoms with Crippen LogP contribution < -0.4 is 15.4 Å². The number of carbonyl (C=O) groups excluding carboxylic acids is 2. The van der Waals surface area contributed by atoms with Crippen LogP contribution in [-0.2, 0) is 15.3 Å². The number of methoxy groups -OCH3 is 1. The maximum atomic E-state index is 14.3. The van der Waals surface area contributed by atoms with Gasteiger partial charge >= 0.3 is 6.18 Å². The number of nitrogens with zero attached hydrogens (tertiary/aromatic N) is 2. The van der Waals surface area contributed by atoms with Crippen LogP contribution in [0.25, 0.3) is 11.0 Å². The predicted octanol–water partition coefficient (Wildman–Crippen LogP) is 3.95. The zero-order chi connectivity index (χ0) is 21.7. The summed E-state index contributed by atoms with van der Waals surface area (Å²) in [7, 11) is 1.36. The molecule has 1 unspecified atom stereocenters. The average Bonchev–Trinajstić information content (AvgIpc) is 3.36.